The second kappa shape index (κ2) is 5.72. The lowest BCUT2D eigenvalue weighted by Crippen LogP contribution is -2.22. The lowest BCUT2D eigenvalue weighted by Gasteiger charge is -2.15. The van der Waals surface area contributed by atoms with Gasteiger partial charge in [-0.05, 0) is 30.7 Å². The maximum atomic E-state index is 10.9. The number of likely N-dealkylation sites (tertiary alicyclic amines) is 1. The predicted molar refractivity (Wildman–Crippen MR) is 68.7 cm³/mol. The van der Waals surface area contributed by atoms with E-state index in [4.69, 9.17) is 15.1 Å². The molecular weight excluding hydrogens is 244 g/mol. The van der Waals surface area contributed by atoms with Crippen LogP contribution in [0.15, 0.2) is 18.2 Å². The van der Waals surface area contributed by atoms with Gasteiger partial charge in [0.05, 0.1) is 18.6 Å². The lowest BCUT2D eigenvalue weighted by atomic mass is 10.1. The van der Waals surface area contributed by atoms with E-state index in [9.17, 15) is 4.79 Å². The smallest absolute Gasteiger partial charge is 0.307 e. The van der Waals surface area contributed by atoms with E-state index in [1.165, 1.54) is 7.11 Å². The van der Waals surface area contributed by atoms with Gasteiger partial charge in [-0.3, -0.25) is 9.69 Å². The summed E-state index contributed by atoms with van der Waals surface area (Å²) in [5.41, 5.74) is 1.51. The molecule has 2 rings (SSSR count). The average Bonchev–Trinajstić information content (AvgIpc) is 2.87. The summed E-state index contributed by atoms with van der Waals surface area (Å²) in [5, 5.41) is 18.0. The van der Waals surface area contributed by atoms with Gasteiger partial charge >= 0.3 is 5.97 Å². The molecule has 1 N–H and O–H groups in total. The van der Waals surface area contributed by atoms with E-state index in [1.54, 1.807) is 12.1 Å². The monoisotopic (exact) mass is 260 g/mol. The third kappa shape index (κ3) is 3.04. The van der Waals surface area contributed by atoms with Gasteiger partial charge in [0, 0.05) is 13.1 Å². The molecule has 19 heavy (non-hydrogen) atoms. The van der Waals surface area contributed by atoms with Crippen LogP contribution in [0.1, 0.15) is 17.5 Å². The van der Waals surface area contributed by atoms with Crippen molar-refractivity contribution in [2.45, 2.75) is 13.0 Å². The Morgan fingerprint density at radius 1 is 1.63 bits per heavy atom. The number of hydrogen-bond acceptors (Lipinski definition) is 4. The molecule has 0 amide bonds. The van der Waals surface area contributed by atoms with Gasteiger partial charge in [-0.15, -0.1) is 0 Å². The SMILES string of the molecule is COc1ccc(CN2CCC(C(=O)O)C2)cc1C#N. The number of ether oxygens (including phenoxy) is 1. The largest absolute Gasteiger partial charge is 0.495 e. The number of carbonyl (C=O) groups is 1. The highest BCUT2D eigenvalue weighted by Gasteiger charge is 2.27. The van der Waals surface area contributed by atoms with Crippen LogP contribution >= 0.6 is 0 Å². The first kappa shape index (κ1) is 13.4. The Hall–Kier alpha value is -2.06. The quantitative estimate of drug-likeness (QED) is 0.887. The Bertz CT molecular complexity index is 522. The van der Waals surface area contributed by atoms with E-state index in [1.807, 2.05) is 6.07 Å². The third-order valence-electron chi connectivity index (χ3n) is 3.41. The molecule has 0 radical (unpaired) electrons. The molecule has 0 spiro atoms. The van der Waals surface area contributed by atoms with Crippen molar-refractivity contribution in [3.63, 3.8) is 0 Å². The number of methoxy groups -OCH3 is 1. The number of carboxylic acid groups (broad SMARTS) is 1. The second-order valence-electron chi connectivity index (χ2n) is 4.71. The fourth-order valence-corrected chi connectivity index (χ4v) is 2.38. The zero-order valence-electron chi connectivity index (χ0n) is 10.8. The summed E-state index contributed by atoms with van der Waals surface area (Å²) in [6.07, 6.45) is 0.691. The highest BCUT2D eigenvalue weighted by molar-refractivity contribution is 5.70. The minimum absolute atomic E-state index is 0.270. The Kier molecular flexibility index (Phi) is 4.03. The third-order valence-corrected chi connectivity index (χ3v) is 3.41. The number of rotatable bonds is 4. The highest BCUT2D eigenvalue weighted by Crippen LogP contribution is 2.22. The first-order valence-electron chi connectivity index (χ1n) is 6.16. The molecule has 0 bridgehead atoms. The molecule has 1 aliphatic rings. The summed E-state index contributed by atoms with van der Waals surface area (Å²) in [6, 6.07) is 7.59. The number of aliphatic carboxylic acids is 1. The van der Waals surface area contributed by atoms with Gasteiger partial charge in [-0.2, -0.15) is 5.26 Å². The summed E-state index contributed by atoms with van der Waals surface area (Å²) < 4.78 is 5.10. The molecule has 1 aromatic rings. The molecule has 5 nitrogen and oxygen atoms in total. The van der Waals surface area contributed by atoms with Gasteiger partial charge in [0.1, 0.15) is 11.8 Å². The summed E-state index contributed by atoms with van der Waals surface area (Å²) in [4.78, 5) is 13.0. The van der Waals surface area contributed by atoms with E-state index >= 15 is 0 Å². The fourth-order valence-electron chi connectivity index (χ4n) is 2.38. The van der Waals surface area contributed by atoms with E-state index in [0.29, 0.717) is 30.8 Å². The molecule has 1 atom stereocenters. The lowest BCUT2D eigenvalue weighted by molar-refractivity contribution is -0.141. The van der Waals surface area contributed by atoms with E-state index in [2.05, 4.69) is 11.0 Å². The van der Waals surface area contributed by atoms with Gasteiger partial charge in [0.2, 0.25) is 0 Å². The number of benzene rings is 1. The molecule has 1 heterocycles. The molecule has 0 saturated carbocycles. The first-order chi connectivity index (χ1) is 9.13. The minimum Gasteiger partial charge on any atom is -0.495 e. The maximum absolute atomic E-state index is 10.9. The van der Waals surface area contributed by atoms with Crippen LogP contribution in [0.5, 0.6) is 5.75 Å². The van der Waals surface area contributed by atoms with Gasteiger partial charge in [0.15, 0.2) is 0 Å². The van der Waals surface area contributed by atoms with Crippen molar-refractivity contribution in [3.8, 4) is 11.8 Å². The van der Waals surface area contributed by atoms with Crippen molar-refractivity contribution < 1.29 is 14.6 Å². The van der Waals surface area contributed by atoms with E-state index in [-0.39, 0.29) is 5.92 Å². The highest BCUT2D eigenvalue weighted by atomic mass is 16.5. The van der Waals surface area contributed by atoms with Gasteiger partial charge < -0.3 is 9.84 Å². The van der Waals surface area contributed by atoms with Crippen LogP contribution in [0.4, 0.5) is 0 Å². The Morgan fingerprint density at radius 2 is 2.42 bits per heavy atom. The molecular formula is C14H16N2O3. The number of carboxylic acids is 1. The van der Waals surface area contributed by atoms with Crippen LogP contribution in [0.2, 0.25) is 0 Å². The van der Waals surface area contributed by atoms with Crippen LogP contribution in [-0.4, -0.2) is 36.2 Å². The average molecular weight is 260 g/mol. The van der Waals surface area contributed by atoms with Gasteiger partial charge in [-0.1, -0.05) is 6.07 Å². The van der Waals surface area contributed by atoms with Crippen LogP contribution in [0.3, 0.4) is 0 Å². The number of nitriles is 1. The molecule has 1 aliphatic heterocycles. The van der Waals surface area contributed by atoms with Crippen LogP contribution in [0.25, 0.3) is 0 Å². The normalized spacial score (nSPS) is 19.1. The van der Waals surface area contributed by atoms with Crippen LogP contribution < -0.4 is 4.74 Å². The topological polar surface area (TPSA) is 73.6 Å². The molecule has 1 saturated heterocycles. The Labute approximate surface area is 112 Å². The number of nitrogens with zero attached hydrogens (tertiary/aromatic N) is 2. The van der Waals surface area contributed by atoms with Crippen molar-refractivity contribution >= 4 is 5.97 Å². The summed E-state index contributed by atoms with van der Waals surface area (Å²) >= 11 is 0. The zero-order valence-corrected chi connectivity index (χ0v) is 10.8. The first-order valence-corrected chi connectivity index (χ1v) is 6.16. The molecule has 1 unspecified atom stereocenters. The molecule has 0 aliphatic carbocycles. The summed E-state index contributed by atoms with van der Waals surface area (Å²) in [6.45, 7) is 2.02. The van der Waals surface area contributed by atoms with Gasteiger partial charge in [0.25, 0.3) is 0 Å². The Morgan fingerprint density at radius 3 is 3.00 bits per heavy atom. The molecule has 1 fully saturated rings. The van der Waals surface area contributed by atoms with Crippen LogP contribution in [-0.2, 0) is 11.3 Å². The van der Waals surface area contributed by atoms with E-state index < -0.39 is 5.97 Å². The van der Waals surface area contributed by atoms with E-state index in [0.717, 1.165) is 12.1 Å². The van der Waals surface area contributed by atoms with Crippen LogP contribution in [0, 0.1) is 17.2 Å². The minimum atomic E-state index is -0.727. The number of hydrogen-bond donors (Lipinski definition) is 1. The second-order valence-corrected chi connectivity index (χ2v) is 4.71. The van der Waals surface area contributed by atoms with Crippen molar-refractivity contribution in [1.82, 2.24) is 4.90 Å². The molecule has 5 heteroatoms. The van der Waals surface area contributed by atoms with Crippen molar-refractivity contribution in [3.05, 3.63) is 29.3 Å². The van der Waals surface area contributed by atoms with Crippen molar-refractivity contribution in [2.75, 3.05) is 20.2 Å². The molecule has 100 valence electrons. The maximum Gasteiger partial charge on any atom is 0.307 e. The standard InChI is InChI=1S/C14H16N2O3/c1-19-13-3-2-10(6-12(13)7-15)8-16-5-4-11(9-16)14(17)18/h2-3,6,11H,4-5,8-9H2,1H3,(H,17,18). The summed E-state index contributed by atoms with van der Waals surface area (Å²) in [5.74, 6) is -0.431. The van der Waals surface area contributed by atoms with Crippen molar-refractivity contribution in [2.24, 2.45) is 5.92 Å². The van der Waals surface area contributed by atoms with Gasteiger partial charge in [-0.25, -0.2) is 0 Å². The molecule has 1 aromatic carbocycles. The predicted octanol–water partition coefficient (Wildman–Crippen LogP) is 1.47. The molecule has 0 aromatic heterocycles. The van der Waals surface area contributed by atoms with Crippen molar-refractivity contribution in [1.29, 1.82) is 5.26 Å². The zero-order chi connectivity index (χ0) is 13.8. The summed E-state index contributed by atoms with van der Waals surface area (Å²) in [7, 11) is 1.54. The fraction of sp³-hybridized carbons (Fsp3) is 0.429. The Balaban J connectivity index is 2.05.